The molecule has 0 aromatic heterocycles. The number of benzene rings is 1. The lowest BCUT2D eigenvalue weighted by molar-refractivity contribution is 0.128. The van der Waals surface area contributed by atoms with Gasteiger partial charge in [-0.2, -0.15) is 0 Å². The first-order valence-corrected chi connectivity index (χ1v) is 6.15. The highest BCUT2D eigenvalue weighted by molar-refractivity contribution is 5.85. The fourth-order valence-electron chi connectivity index (χ4n) is 1.96. The van der Waals surface area contributed by atoms with Gasteiger partial charge in [-0.25, -0.2) is 0 Å². The molecule has 110 valence electrons. The van der Waals surface area contributed by atoms with Crippen molar-refractivity contribution in [2.75, 3.05) is 14.2 Å². The van der Waals surface area contributed by atoms with E-state index in [0.29, 0.717) is 17.5 Å². The normalized spacial score (nSPS) is 13.6. The van der Waals surface area contributed by atoms with Crippen molar-refractivity contribution in [2.45, 2.75) is 39.0 Å². The lowest BCUT2D eigenvalue weighted by Crippen LogP contribution is -2.37. The summed E-state index contributed by atoms with van der Waals surface area (Å²) in [6.07, 6.45) is -0.641. The second kappa shape index (κ2) is 8.25. The van der Waals surface area contributed by atoms with Crippen LogP contribution in [0.15, 0.2) is 18.2 Å². The van der Waals surface area contributed by atoms with Crippen molar-refractivity contribution in [3.8, 4) is 11.5 Å². The maximum absolute atomic E-state index is 10.4. The van der Waals surface area contributed by atoms with Gasteiger partial charge in [-0.05, 0) is 25.1 Å². The maximum atomic E-state index is 10.4. The van der Waals surface area contributed by atoms with Gasteiger partial charge in [0.15, 0.2) is 0 Å². The Morgan fingerprint density at radius 3 is 2.21 bits per heavy atom. The topological polar surface area (TPSA) is 50.7 Å². The summed E-state index contributed by atoms with van der Waals surface area (Å²) < 4.78 is 10.5. The molecule has 2 N–H and O–H groups in total. The minimum Gasteiger partial charge on any atom is -0.497 e. The molecule has 1 rings (SSSR count). The predicted octanol–water partition coefficient (Wildman–Crippen LogP) is 2.55. The summed E-state index contributed by atoms with van der Waals surface area (Å²) in [4.78, 5) is 0. The Morgan fingerprint density at radius 1 is 1.11 bits per heavy atom. The van der Waals surface area contributed by atoms with Crippen LogP contribution < -0.4 is 14.8 Å². The van der Waals surface area contributed by atoms with Gasteiger partial charge in [-0.1, -0.05) is 13.8 Å². The highest BCUT2D eigenvalue weighted by Gasteiger charge is 2.21. The number of aliphatic hydroxyl groups is 1. The van der Waals surface area contributed by atoms with Crippen LogP contribution in [-0.2, 0) is 0 Å². The zero-order valence-electron chi connectivity index (χ0n) is 12.1. The average Bonchev–Trinajstić information content (AvgIpc) is 2.36. The Labute approximate surface area is 121 Å². The fraction of sp³-hybridized carbons (Fsp3) is 0.571. The monoisotopic (exact) mass is 289 g/mol. The van der Waals surface area contributed by atoms with Gasteiger partial charge in [0.2, 0.25) is 0 Å². The fourth-order valence-corrected chi connectivity index (χ4v) is 1.96. The van der Waals surface area contributed by atoms with Gasteiger partial charge >= 0.3 is 0 Å². The van der Waals surface area contributed by atoms with Gasteiger partial charge in [0.05, 0.1) is 20.3 Å². The Hall–Kier alpha value is -0.970. The number of nitrogens with one attached hydrogen (secondary N) is 1. The van der Waals surface area contributed by atoms with Crippen LogP contribution in [0.3, 0.4) is 0 Å². The van der Waals surface area contributed by atoms with Crippen LogP contribution >= 0.6 is 12.4 Å². The lowest BCUT2D eigenvalue weighted by Gasteiger charge is -2.24. The van der Waals surface area contributed by atoms with E-state index in [9.17, 15) is 5.11 Å². The number of hydrogen-bond acceptors (Lipinski definition) is 4. The molecule has 0 amide bonds. The van der Waals surface area contributed by atoms with E-state index >= 15 is 0 Å². The van der Waals surface area contributed by atoms with Crippen LogP contribution in [0.4, 0.5) is 0 Å². The number of hydrogen-bond donors (Lipinski definition) is 2. The molecule has 0 saturated heterocycles. The largest absolute Gasteiger partial charge is 0.497 e. The standard InChI is InChI=1S/C14H23NO3.ClH/c1-9(2)15-10(3)14(16)12-8-11(17-4)6-7-13(12)18-5;/h6-10,14-16H,1-5H3;1H. The molecule has 0 radical (unpaired) electrons. The molecule has 0 aliphatic rings. The molecule has 1 aromatic carbocycles. The van der Waals surface area contributed by atoms with Crippen LogP contribution in [0, 0.1) is 0 Å². The van der Waals surface area contributed by atoms with Gasteiger partial charge < -0.3 is 19.9 Å². The van der Waals surface area contributed by atoms with E-state index in [1.807, 2.05) is 32.9 Å². The number of rotatable bonds is 6. The molecule has 0 aliphatic heterocycles. The van der Waals surface area contributed by atoms with E-state index in [-0.39, 0.29) is 18.4 Å². The second-order valence-corrected chi connectivity index (χ2v) is 4.66. The van der Waals surface area contributed by atoms with Crippen molar-refractivity contribution in [2.24, 2.45) is 0 Å². The first-order valence-electron chi connectivity index (χ1n) is 6.15. The van der Waals surface area contributed by atoms with E-state index in [4.69, 9.17) is 9.47 Å². The third kappa shape index (κ3) is 4.90. The zero-order valence-corrected chi connectivity index (χ0v) is 13.0. The molecule has 2 atom stereocenters. The zero-order chi connectivity index (χ0) is 13.7. The summed E-state index contributed by atoms with van der Waals surface area (Å²) in [6, 6.07) is 5.68. The quantitative estimate of drug-likeness (QED) is 0.845. The Balaban J connectivity index is 0.00000324. The number of methoxy groups -OCH3 is 2. The predicted molar refractivity (Wildman–Crippen MR) is 79.5 cm³/mol. The van der Waals surface area contributed by atoms with Crippen LogP contribution in [0.5, 0.6) is 11.5 Å². The van der Waals surface area contributed by atoms with Crippen molar-refractivity contribution in [1.29, 1.82) is 0 Å². The molecular formula is C14H24ClNO3. The first-order chi connectivity index (χ1) is 8.49. The van der Waals surface area contributed by atoms with E-state index < -0.39 is 6.10 Å². The Bertz CT molecular complexity index is 385. The van der Waals surface area contributed by atoms with Gasteiger partial charge in [0, 0.05) is 17.6 Å². The molecule has 2 unspecified atom stereocenters. The van der Waals surface area contributed by atoms with Crippen molar-refractivity contribution < 1.29 is 14.6 Å². The molecule has 5 heteroatoms. The smallest absolute Gasteiger partial charge is 0.124 e. The van der Waals surface area contributed by atoms with Crippen molar-refractivity contribution >= 4 is 12.4 Å². The molecule has 0 spiro atoms. The summed E-state index contributed by atoms with van der Waals surface area (Å²) in [5.74, 6) is 1.38. The van der Waals surface area contributed by atoms with E-state index in [2.05, 4.69) is 5.32 Å². The number of aliphatic hydroxyl groups excluding tert-OH is 1. The average molecular weight is 290 g/mol. The third-order valence-electron chi connectivity index (χ3n) is 2.83. The molecule has 0 heterocycles. The van der Waals surface area contributed by atoms with Crippen molar-refractivity contribution in [1.82, 2.24) is 5.32 Å². The summed E-state index contributed by atoms with van der Waals surface area (Å²) in [5.41, 5.74) is 0.734. The maximum Gasteiger partial charge on any atom is 0.124 e. The molecular weight excluding hydrogens is 266 g/mol. The van der Waals surface area contributed by atoms with Crippen LogP contribution in [0.25, 0.3) is 0 Å². The summed E-state index contributed by atoms with van der Waals surface area (Å²) in [5, 5.41) is 13.7. The molecule has 0 aliphatic carbocycles. The first kappa shape index (κ1) is 18.0. The number of ether oxygens (including phenoxy) is 2. The Kier molecular flexibility index (Phi) is 7.83. The highest BCUT2D eigenvalue weighted by atomic mass is 35.5. The molecule has 0 bridgehead atoms. The minimum absolute atomic E-state index is 0. The molecule has 0 fully saturated rings. The molecule has 19 heavy (non-hydrogen) atoms. The molecule has 4 nitrogen and oxygen atoms in total. The lowest BCUT2D eigenvalue weighted by atomic mass is 10.0. The summed E-state index contributed by atoms with van der Waals surface area (Å²) in [6.45, 7) is 6.04. The summed E-state index contributed by atoms with van der Waals surface area (Å²) in [7, 11) is 3.20. The van der Waals surface area contributed by atoms with Gasteiger partial charge in [-0.3, -0.25) is 0 Å². The van der Waals surface area contributed by atoms with Crippen LogP contribution in [0.2, 0.25) is 0 Å². The van der Waals surface area contributed by atoms with E-state index in [1.54, 1.807) is 20.3 Å². The van der Waals surface area contributed by atoms with Crippen LogP contribution in [-0.4, -0.2) is 31.4 Å². The number of halogens is 1. The second-order valence-electron chi connectivity index (χ2n) is 4.66. The summed E-state index contributed by atoms with van der Waals surface area (Å²) >= 11 is 0. The van der Waals surface area contributed by atoms with E-state index in [0.717, 1.165) is 5.56 Å². The highest BCUT2D eigenvalue weighted by Crippen LogP contribution is 2.31. The van der Waals surface area contributed by atoms with Crippen molar-refractivity contribution in [3.05, 3.63) is 23.8 Å². The van der Waals surface area contributed by atoms with Gasteiger partial charge in [0.25, 0.3) is 0 Å². The van der Waals surface area contributed by atoms with Crippen LogP contribution in [0.1, 0.15) is 32.4 Å². The van der Waals surface area contributed by atoms with Crippen molar-refractivity contribution in [3.63, 3.8) is 0 Å². The van der Waals surface area contributed by atoms with Gasteiger partial charge in [0.1, 0.15) is 11.5 Å². The van der Waals surface area contributed by atoms with Gasteiger partial charge in [-0.15, -0.1) is 12.4 Å². The third-order valence-corrected chi connectivity index (χ3v) is 2.83. The minimum atomic E-state index is -0.641. The van der Waals surface area contributed by atoms with E-state index in [1.165, 1.54) is 0 Å². The SMILES string of the molecule is COc1ccc(OC)c(C(O)C(C)NC(C)C)c1.Cl. The Morgan fingerprint density at radius 2 is 1.74 bits per heavy atom. The molecule has 1 aromatic rings. The molecule has 0 saturated carbocycles.